The van der Waals surface area contributed by atoms with Crippen molar-refractivity contribution in [2.45, 2.75) is 12.7 Å². The van der Waals surface area contributed by atoms with Crippen LogP contribution in [0.5, 0.6) is 11.5 Å². The minimum Gasteiger partial charge on any atom is -0.486 e. The Morgan fingerprint density at radius 2 is 1.71 bits per heavy atom. The summed E-state index contributed by atoms with van der Waals surface area (Å²) in [5, 5.41) is 7.60. The fourth-order valence-electron chi connectivity index (χ4n) is 4.11. The molecule has 8 nitrogen and oxygen atoms in total. The average molecular weight is 473 g/mol. The van der Waals surface area contributed by atoms with Crippen LogP contribution in [0, 0.1) is 0 Å². The fourth-order valence-corrected chi connectivity index (χ4v) is 4.11. The molecule has 178 valence electrons. The van der Waals surface area contributed by atoms with E-state index in [0.29, 0.717) is 45.9 Å². The van der Waals surface area contributed by atoms with Gasteiger partial charge in [-0.25, -0.2) is 4.68 Å². The molecule has 2 aliphatic heterocycles. The minimum atomic E-state index is -4.54. The molecule has 0 spiro atoms. The average Bonchev–Trinajstić information content (AvgIpc) is 3.34. The Morgan fingerprint density at radius 1 is 0.971 bits per heavy atom. The van der Waals surface area contributed by atoms with Crippen molar-refractivity contribution in [2.24, 2.45) is 0 Å². The van der Waals surface area contributed by atoms with Crippen molar-refractivity contribution in [3.8, 4) is 17.2 Å². The number of carbonyl (C=O) groups excluding carboxylic acids is 1. The van der Waals surface area contributed by atoms with Gasteiger partial charge in [-0.05, 0) is 29.8 Å². The van der Waals surface area contributed by atoms with Crippen LogP contribution in [-0.2, 0) is 12.7 Å². The molecule has 1 fully saturated rings. The lowest BCUT2D eigenvalue weighted by molar-refractivity contribution is -0.137. The SMILES string of the molecule is O=C(c1cn(-c2ccccc2C(F)(F)F)nn1)N1CCN(Cc2ccc3c(c2)OCCO3)CC1. The molecule has 11 heteroatoms. The van der Waals surface area contributed by atoms with Gasteiger partial charge in [0.05, 0.1) is 17.4 Å². The summed E-state index contributed by atoms with van der Waals surface area (Å²) in [6.45, 7) is 4.07. The number of rotatable bonds is 4. The molecule has 0 radical (unpaired) electrons. The highest BCUT2D eigenvalue weighted by molar-refractivity contribution is 5.92. The van der Waals surface area contributed by atoms with E-state index >= 15 is 0 Å². The number of alkyl halides is 3. The summed E-state index contributed by atoms with van der Waals surface area (Å²) in [6, 6.07) is 10.9. The zero-order valence-electron chi connectivity index (χ0n) is 18.2. The van der Waals surface area contributed by atoms with Gasteiger partial charge >= 0.3 is 6.18 Å². The van der Waals surface area contributed by atoms with E-state index in [0.717, 1.165) is 27.8 Å². The number of ether oxygens (including phenoxy) is 2. The van der Waals surface area contributed by atoms with Crippen LogP contribution in [0.4, 0.5) is 13.2 Å². The van der Waals surface area contributed by atoms with Crippen molar-refractivity contribution in [1.82, 2.24) is 24.8 Å². The number of para-hydroxylation sites is 1. The van der Waals surface area contributed by atoms with Crippen LogP contribution in [0.15, 0.2) is 48.7 Å². The standard InChI is InChI=1S/C23H22F3N5O3/c24-23(25,26)17-3-1-2-4-19(17)31-15-18(27-28-31)22(32)30-9-7-29(8-10-30)14-16-5-6-20-21(13-16)34-12-11-33-20/h1-6,13,15H,7-12,14H2. The van der Waals surface area contributed by atoms with Gasteiger partial charge in [0.25, 0.3) is 5.91 Å². The van der Waals surface area contributed by atoms with Gasteiger partial charge in [-0.15, -0.1) is 5.10 Å². The van der Waals surface area contributed by atoms with Gasteiger partial charge < -0.3 is 14.4 Å². The molecule has 5 rings (SSSR count). The Hall–Kier alpha value is -3.60. The molecule has 1 amide bonds. The summed E-state index contributed by atoms with van der Waals surface area (Å²) in [5.74, 6) is 1.14. The first kappa shape index (κ1) is 22.2. The summed E-state index contributed by atoms with van der Waals surface area (Å²) in [7, 11) is 0. The van der Waals surface area contributed by atoms with Gasteiger partial charge in [-0.3, -0.25) is 9.69 Å². The maximum atomic E-state index is 13.3. The number of hydrogen-bond acceptors (Lipinski definition) is 6. The van der Waals surface area contributed by atoms with E-state index in [2.05, 4.69) is 15.2 Å². The molecule has 0 N–H and O–H groups in total. The van der Waals surface area contributed by atoms with E-state index in [1.54, 1.807) is 4.90 Å². The largest absolute Gasteiger partial charge is 0.486 e. The van der Waals surface area contributed by atoms with Crippen LogP contribution in [0.1, 0.15) is 21.6 Å². The molecule has 0 saturated carbocycles. The minimum absolute atomic E-state index is 0.0114. The highest BCUT2D eigenvalue weighted by Gasteiger charge is 2.34. The molecule has 2 aromatic carbocycles. The van der Waals surface area contributed by atoms with E-state index in [1.165, 1.54) is 24.4 Å². The molecule has 0 aliphatic carbocycles. The van der Waals surface area contributed by atoms with Gasteiger partial charge in [0.15, 0.2) is 17.2 Å². The Balaban J connectivity index is 1.21. The number of carbonyl (C=O) groups is 1. The Labute approximate surface area is 193 Å². The van der Waals surface area contributed by atoms with Gasteiger partial charge in [0, 0.05) is 32.7 Å². The molecule has 1 aromatic heterocycles. The van der Waals surface area contributed by atoms with Crippen LogP contribution < -0.4 is 9.47 Å². The van der Waals surface area contributed by atoms with Crippen molar-refractivity contribution in [3.63, 3.8) is 0 Å². The van der Waals surface area contributed by atoms with E-state index in [4.69, 9.17) is 9.47 Å². The highest BCUT2D eigenvalue weighted by atomic mass is 19.4. The molecule has 1 saturated heterocycles. The van der Waals surface area contributed by atoms with Crippen LogP contribution >= 0.6 is 0 Å². The van der Waals surface area contributed by atoms with Crippen LogP contribution in [0.3, 0.4) is 0 Å². The molecule has 3 aromatic rings. The molecule has 0 unspecified atom stereocenters. The lowest BCUT2D eigenvalue weighted by Crippen LogP contribution is -2.48. The number of amides is 1. The number of aromatic nitrogens is 3. The number of piperazine rings is 1. The van der Waals surface area contributed by atoms with Crippen molar-refractivity contribution >= 4 is 5.91 Å². The Morgan fingerprint density at radius 3 is 2.47 bits per heavy atom. The lowest BCUT2D eigenvalue weighted by atomic mass is 10.1. The Bertz CT molecular complexity index is 1190. The van der Waals surface area contributed by atoms with Gasteiger partial charge in [-0.2, -0.15) is 13.2 Å². The number of halogens is 3. The first-order valence-corrected chi connectivity index (χ1v) is 10.9. The second-order valence-electron chi connectivity index (χ2n) is 8.11. The lowest BCUT2D eigenvalue weighted by Gasteiger charge is -2.34. The van der Waals surface area contributed by atoms with E-state index in [1.807, 2.05) is 18.2 Å². The predicted octanol–water partition coefficient (Wildman–Crippen LogP) is 3.02. The molecule has 2 aliphatic rings. The summed E-state index contributed by atoms with van der Waals surface area (Å²) in [6.07, 6.45) is -3.30. The van der Waals surface area contributed by atoms with Crippen LogP contribution in [0.2, 0.25) is 0 Å². The topological polar surface area (TPSA) is 72.7 Å². The van der Waals surface area contributed by atoms with Crippen molar-refractivity contribution in [3.05, 3.63) is 65.5 Å². The molecule has 0 bridgehead atoms. The van der Waals surface area contributed by atoms with E-state index < -0.39 is 11.7 Å². The van der Waals surface area contributed by atoms with Crippen LogP contribution in [-0.4, -0.2) is 70.1 Å². The second kappa shape index (κ2) is 8.98. The fraction of sp³-hybridized carbons (Fsp3) is 0.348. The summed E-state index contributed by atoms with van der Waals surface area (Å²) >= 11 is 0. The zero-order valence-corrected chi connectivity index (χ0v) is 18.2. The molecule has 3 heterocycles. The zero-order chi connectivity index (χ0) is 23.7. The van der Waals surface area contributed by atoms with Gasteiger partial charge in [-0.1, -0.05) is 23.4 Å². The van der Waals surface area contributed by atoms with E-state index in [9.17, 15) is 18.0 Å². The van der Waals surface area contributed by atoms with Crippen LogP contribution in [0.25, 0.3) is 5.69 Å². The maximum absolute atomic E-state index is 13.3. The normalized spacial score (nSPS) is 16.5. The Kier molecular flexibility index (Phi) is 5.86. The number of benzene rings is 2. The number of fused-ring (bicyclic) bond motifs is 1. The first-order valence-electron chi connectivity index (χ1n) is 10.9. The summed E-state index contributed by atoms with van der Waals surface area (Å²) in [4.78, 5) is 16.8. The quantitative estimate of drug-likeness (QED) is 0.580. The molecular formula is C23H22F3N5O3. The number of hydrogen-bond donors (Lipinski definition) is 0. The molecule has 0 atom stereocenters. The third-order valence-corrected chi connectivity index (χ3v) is 5.84. The smallest absolute Gasteiger partial charge is 0.418 e. The van der Waals surface area contributed by atoms with E-state index in [-0.39, 0.29) is 17.3 Å². The number of nitrogens with zero attached hydrogens (tertiary/aromatic N) is 5. The molecular weight excluding hydrogens is 451 g/mol. The predicted molar refractivity (Wildman–Crippen MR) is 115 cm³/mol. The second-order valence-corrected chi connectivity index (χ2v) is 8.11. The van der Waals surface area contributed by atoms with Crippen molar-refractivity contribution in [1.29, 1.82) is 0 Å². The highest BCUT2D eigenvalue weighted by Crippen LogP contribution is 2.33. The van der Waals surface area contributed by atoms with Gasteiger partial charge in [0.2, 0.25) is 0 Å². The third-order valence-electron chi connectivity index (χ3n) is 5.84. The monoisotopic (exact) mass is 473 g/mol. The molecule has 34 heavy (non-hydrogen) atoms. The van der Waals surface area contributed by atoms with Crippen molar-refractivity contribution < 1.29 is 27.4 Å². The summed E-state index contributed by atoms with van der Waals surface area (Å²) < 4.78 is 52.1. The third kappa shape index (κ3) is 4.56. The first-order chi connectivity index (χ1) is 16.4. The summed E-state index contributed by atoms with van der Waals surface area (Å²) in [5.41, 5.74) is 0.0880. The van der Waals surface area contributed by atoms with Crippen molar-refractivity contribution in [2.75, 3.05) is 39.4 Å². The van der Waals surface area contributed by atoms with Gasteiger partial charge in [0.1, 0.15) is 13.2 Å². The maximum Gasteiger partial charge on any atom is 0.418 e.